The van der Waals surface area contributed by atoms with Crippen molar-refractivity contribution in [2.75, 3.05) is 0 Å². The molecule has 1 N–H and O–H groups in total. The van der Waals surface area contributed by atoms with Crippen LogP contribution in [0.5, 0.6) is 0 Å². The minimum atomic E-state index is 0.381. The lowest BCUT2D eigenvalue weighted by molar-refractivity contribution is 0.425. The average Bonchev–Trinajstić information content (AvgIpc) is 3.34. The molecule has 1 aliphatic carbocycles. The molecule has 1 heteroatoms. The quantitative estimate of drug-likeness (QED) is 0.742. The zero-order chi connectivity index (χ0) is 15.5. The summed E-state index contributed by atoms with van der Waals surface area (Å²) in [6, 6.07) is 18.5. The molecule has 1 fully saturated rings. The van der Waals surface area contributed by atoms with Gasteiger partial charge in [0.2, 0.25) is 0 Å². The van der Waals surface area contributed by atoms with E-state index in [0.29, 0.717) is 12.1 Å². The van der Waals surface area contributed by atoms with Crippen molar-refractivity contribution in [3.63, 3.8) is 0 Å². The Morgan fingerprint density at radius 2 is 1.68 bits per heavy atom. The summed E-state index contributed by atoms with van der Waals surface area (Å²) in [4.78, 5) is 0. The fourth-order valence-corrected chi connectivity index (χ4v) is 3.11. The normalized spacial score (nSPS) is 17.2. The van der Waals surface area contributed by atoms with Crippen molar-refractivity contribution in [1.82, 2.24) is 5.32 Å². The van der Waals surface area contributed by atoms with Crippen molar-refractivity contribution < 1.29 is 0 Å². The van der Waals surface area contributed by atoms with Gasteiger partial charge in [0, 0.05) is 12.1 Å². The van der Waals surface area contributed by atoms with E-state index in [1.807, 2.05) is 0 Å². The minimum Gasteiger partial charge on any atom is -0.303 e. The number of aryl methyl sites for hydroxylation is 2. The summed E-state index contributed by atoms with van der Waals surface area (Å²) in [6.07, 6.45) is 4.07. The molecule has 22 heavy (non-hydrogen) atoms. The van der Waals surface area contributed by atoms with Crippen molar-refractivity contribution in [3.05, 3.63) is 70.8 Å². The Bertz CT molecular complexity index is 613. The third kappa shape index (κ3) is 3.78. The second-order valence-electron chi connectivity index (χ2n) is 6.87. The molecule has 116 valence electrons. The van der Waals surface area contributed by atoms with Crippen molar-refractivity contribution in [1.29, 1.82) is 0 Å². The smallest absolute Gasteiger partial charge is 0.0328 e. The maximum absolute atomic E-state index is 3.87. The fourth-order valence-electron chi connectivity index (χ4n) is 3.11. The van der Waals surface area contributed by atoms with E-state index in [1.165, 1.54) is 41.5 Å². The van der Waals surface area contributed by atoms with Crippen LogP contribution in [0.25, 0.3) is 0 Å². The first-order valence-corrected chi connectivity index (χ1v) is 8.51. The topological polar surface area (TPSA) is 12.0 Å². The number of nitrogens with one attached hydrogen (secondary N) is 1. The summed E-state index contributed by atoms with van der Waals surface area (Å²) >= 11 is 0. The zero-order valence-electron chi connectivity index (χ0n) is 14.0. The van der Waals surface area contributed by atoms with Crippen LogP contribution in [0.4, 0.5) is 0 Å². The van der Waals surface area contributed by atoms with Crippen LogP contribution in [-0.2, 0) is 0 Å². The summed E-state index contributed by atoms with van der Waals surface area (Å²) in [7, 11) is 0. The van der Waals surface area contributed by atoms with Crippen LogP contribution in [0.15, 0.2) is 48.5 Å². The lowest BCUT2D eigenvalue weighted by atomic mass is 9.96. The van der Waals surface area contributed by atoms with Crippen LogP contribution < -0.4 is 5.32 Å². The van der Waals surface area contributed by atoms with Gasteiger partial charge in [-0.3, -0.25) is 0 Å². The molecular formula is C21H27N. The average molecular weight is 293 g/mol. The van der Waals surface area contributed by atoms with Gasteiger partial charge in [-0.25, -0.2) is 0 Å². The van der Waals surface area contributed by atoms with E-state index in [-0.39, 0.29) is 0 Å². The minimum absolute atomic E-state index is 0.381. The maximum Gasteiger partial charge on any atom is 0.0328 e. The molecule has 2 aromatic rings. The first-order chi connectivity index (χ1) is 10.6. The highest BCUT2D eigenvalue weighted by atomic mass is 14.9. The van der Waals surface area contributed by atoms with Gasteiger partial charge in [0.1, 0.15) is 0 Å². The van der Waals surface area contributed by atoms with E-state index in [2.05, 4.69) is 74.6 Å². The summed E-state index contributed by atoms with van der Waals surface area (Å²) in [5, 5.41) is 3.87. The van der Waals surface area contributed by atoms with Gasteiger partial charge in [-0.1, -0.05) is 61.4 Å². The Morgan fingerprint density at radius 1 is 0.955 bits per heavy atom. The second-order valence-corrected chi connectivity index (χ2v) is 6.87. The van der Waals surface area contributed by atoms with Crippen LogP contribution in [0, 0.1) is 19.8 Å². The highest BCUT2D eigenvalue weighted by Gasteiger charge is 2.27. The molecule has 1 saturated carbocycles. The molecule has 2 aromatic carbocycles. The third-order valence-electron chi connectivity index (χ3n) is 4.95. The predicted molar refractivity (Wildman–Crippen MR) is 94.0 cm³/mol. The highest BCUT2D eigenvalue weighted by molar-refractivity contribution is 5.32. The summed E-state index contributed by atoms with van der Waals surface area (Å²) in [5.41, 5.74) is 5.59. The first-order valence-electron chi connectivity index (χ1n) is 8.51. The van der Waals surface area contributed by atoms with Crippen LogP contribution in [0.3, 0.4) is 0 Å². The molecule has 0 saturated heterocycles. The van der Waals surface area contributed by atoms with Gasteiger partial charge < -0.3 is 5.32 Å². The Hall–Kier alpha value is -1.60. The Labute approximate surface area is 134 Å². The van der Waals surface area contributed by atoms with Gasteiger partial charge in [-0.15, -0.1) is 0 Å². The summed E-state index contributed by atoms with van der Waals surface area (Å²) in [5.74, 6) is 0.919. The van der Waals surface area contributed by atoms with Crippen molar-refractivity contribution >= 4 is 0 Å². The van der Waals surface area contributed by atoms with E-state index in [1.54, 1.807) is 0 Å². The lowest BCUT2D eigenvalue weighted by Gasteiger charge is -2.25. The highest BCUT2D eigenvalue weighted by Crippen LogP contribution is 2.38. The lowest BCUT2D eigenvalue weighted by Crippen LogP contribution is -2.25. The number of hydrogen-bond acceptors (Lipinski definition) is 1. The monoisotopic (exact) mass is 293 g/mol. The van der Waals surface area contributed by atoms with Gasteiger partial charge in [0.25, 0.3) is 0 Å². The van der Waals surface area contributed by atoms with Crippen molar-refractivity contribution in [3.8, 4) is 0 Å². The van der Waals surface area contributed by atoms with E-state index in [0.717, 1.165) is 5.92 Å². The third-order valence-corrected chi connectivity index (χ3v) is 4.95. The zero-order valence-corrected chi connectivity index (χ0v) is 14.0. The molecule has 0 unspecified atom stereocenters. The van der Waals surface area contributed by atoms with Crippen LogP contribution in [0.1, 0.15) is 60.5 Å². The number of benzene rings is 2. The van der Waals surface area contributed by atoms with Gasteiger partial charge in [-0.2, -0.15) is 0 Å². The van der Waals surface area contributed by atoms with Crippen LogP contribution in [-0.4, -0.2) is 0 Å². The van der Waals surface area contributed by atoms with Crippen molar-refractivity contribution in [2.45, 2.75) is 52.1 Å². The summed E-state index contributed by atoms with van der Waals surface area (Å²) in [6.45, 7) is 6.68. The Kier molecular flexibility index (Phi) is 4.63. The van der Waals surface area contributed by atoms with E-state index in [9.17, 15) is 0 Å². The molecule has 0 radical (unpaired) electrons. The number of hydrogen-bond donors (Lipinski definition) is 1. The van der Waals surface area contributed by atoms with E-state index < -0.39 is 0 Å². The number of rotatable bonds is 6. The molecule has 0 bridgehead atoms. The van der Waals surface area contributed by atoms with E-state index in [4.69, 9.17) is 0 Å². The second kappa shape index (κ2) is 6.66. The van der Waals surface area contributed by atoms with Crippen LogP contribution >= 0.6 is 0 Å². The Morgan fingerprint density at radius 3 is 2.32 bits per heavy atom. The standard InChI is InChI=1S/C21H27N/c1-15-9-12-20(13-16(15)2)21(14-18-10-11-18)22-17(3)19-7-5-4-6-8-19/h4-9,12-13,17-18,21-22H,10-11,14H2,1-3H3/t17-,21-/m0/s1. The predicted octanol–water partition coefficient (Wildman–Crippen LogP) is 5.50. The van der Waals surface area contributed by atoms with Gasteiger partial charge >= 0.3 is 0 Å². The molecule has 1 nitrogen and oxygen atoms in total. The SMILES string of the molecule is Cc1ccc([C@H](CC2CC2)N[C@@H](C)c2ccccc2)cc1C. The van der Waals surface area contributed by atoms with Gasteiger partial charge in [0.05, 0.1) is 0 Å². The molecule has 0 heterocycles. The molecule has 0 aromatic heterocycles. The molecule has 2 atom stereocenters. The molecule has 0 spiro atoms. The molecular weight excluding hydrogens is 266 g/mol. The fraction of sp³-hybridized carbons (Fsp3) is 0.429. The first kappa shape index (κ1) is 15.3. The molecule has 1 aliphatic rings. The van der Waals surface area contributed by atoms with Crippen LogP contribution in [0.2, 0.25) is 0 Å². The van der Waals surface area contributed by atoms with Crippen molar-refractivity contribution in [2.24, 2.45) is 5.92 Å². The van der Waals surface area contributed by atoms with Gasteiger partial charge in [0.15, 0.2) is 0 Å². The molecule has 3 rings (SSSR count). The molecule has 0 amide bonds. The maximum atomic E-state index is 3.87. The summed E-state index contributed by atoms with van der Waals surface area (Å²) < 4.78 is 0. The van der Waals surface area contributed by atoms with E-state index >= 15 is 0 Å². The molecule has 0 aliphatic heterocycles. The van der Waals surface area contributed by atoms with Gasteiger partial charge in [-0.05, 0) is 55.4 Å². The Balaban J connectivity index is 1.78. The largest absolute Gasteiger partial charge is 0.303 e.